The number of carbonyl (C=O) groups excluding carboxylic acids is 1. The van der Waals surface area contributed by atoms with Gasteiger partial charge in [-0.05, 0) is 63.8 Å². The summed E-state index contributed by atoms with van der Waals surface area (Å²) in [4.78, 5) is 27.1. The molecule has 0 aliphatic rings. The number of hydrogen-bond donors (Lipinski definition) is 5. The van der Waals surface area contributed by atoms with E-state index in [1.807, 2.05) is 6.92 Å². The van der Waals surface area contributed by atoms with Gasteiger partial charge in [0.05, 0.1) is 22.8 Å². The van der Waals surface area contributed by atoms with Crippen LogP contribution in [0.5, 0.6) is 11.5 Å². The second kappa shape index (κ2) is 10.2. The number of benzene rings is 1. The number of aromatic amines is 1. The van der Waals surface area contributed by atoms with Crippen molar-refractivity contribution in [3.8, 4) is 11.5 Å². The highest BCUT2D eigenvalue weighted by Crippen LogP contribution is 2.22. The van der Waals surface area contributed by atoms with E-state index < -0.39 is 23.0 Å². The maximum absolute atomic E-state index is 12.5. The average molecular weight is 427 g/mol. The highest BCUT2D eigenvalue weighted by molar-refractivity contribution is 6.08. The molecular formula is C24H29NO6. The lowest BCUT2D eigenvalue weighted by molar-refractivity contribution is -0.0509. The van der Waals surface area contributed by atoms with Crippen molar-refractivity contribution < 1.29 is 25.2 Å². The van der Waals surface area contributed by atoms with Crippen molar-refractivity contribution in [2.75, 3.05) is 0 Å². The molecule has 0 aliphatic heterocycles. The number of nitrogens with one attached hydrogen (secondary N) is 1. The smallest absolute Gasteiger partial charge is 0.255 e. The van der Waals surface area contributed by atoms with E-state index in [-0.39, 0.29) is 29.0 Å². The topological polar surface area (TPSA) is 131 Å². The first-order valence-corrected chi connectivity index (χ1v) is 10.00. The highest BCUT2D eigenvalue weighted by Gasteiger charge is 2.23. The number of aliphatic hydroxyl groups excluding tert-OH is 1. The van der Waals surface area contributed by atoms with Crippen LogP contribution in [-0.2, 0) is 6.42 Å². The van der Waals surface area contributed by atoms with E-state index in [0.717, 1.165) is 5.57 Å². The van der Waals surface area contributed by atoms with Crippen molar-refractivity contribution in [3.63, 3.8) is 0 Å². The minimum absolute atomic E-state index is 0.0202. The van der Waals surface area contributed by atoms with Crippen molar-refractivity contribution in [1.82, 2.24) is 4.98 Å². The Morgan fingerprint density at radius 3 is 2.45 bits per heavy atom. The van der Waals surface area contributed by atoms with Crippen molar-refractivity contribution in [2.45, 2.75) is 51.7 Å². The molecule has 5 N–H and O–H groups in total. The van der Waals surface area contributed by atoms with Gasteiger partial charge in [0.1, 0.15) is 11.5 Å². The van der Waals surface area contributed by atoms with E-state index in [2.05, 4.69) is 4.98 Å². The lowest BCUT2D eigenvalue weighted by atomic mass is 9.95. The van der Waals surface area contributed by atoms with Gasteiger partial charge in [-0.15, -0.1) is 0 Å². The summed E-state index contributed by atoms with van der Waals surface area (Å²) < 4.78 is 0. The normalized spacial score (nSPS) is 13.5. The van der Waals surface area contributed by atoms with Crippen LogP contribution in [0.2, 0.25) is 0 Å². The van der Waals surface area contributed by atoms with Gasteiger partial charge in [0.15, 0.2) is 5.78 Å². The van der Waals surface area contributed by atoms with Crippen LogP contribution >= 0.6 is 0 Å². The Bertz CT molecular complexity index is 1030. The summed E-state index contributed by atoms with van der Waals surface area (Å²) in [6.45, 7) is 4.90. The summed E-state index contributed by atoms with van der Waals surface area (Å²) in [5.41, 5.74) is -0.0532. The van der Waals surface area contributed by atoms with E-state index in [1.54, 1.807) is 24.3 Å². The van der Waals surface area contributed by atoms with Gasteiger partial charge in [0, 0.05) is 6.20 Å². The van der Waals surface area contributed by atoms with Gasteiger partial charge in [-0.3, -0.25) is 9.59 Å². The molecule has 0 fully saturated rings. The number of H-pyrrole nitrogens is 1. The fraction of sp³-hybridized carbons (Fsp3) is 0.333. The SMILES string of the molecule is C/C(=C\Cc1c(O)c(C(=O)/C=C/c2ccc(O)cc2)c[nH]c1=O)CCC(O)C(C)(C)O. The number of aromatic hydroxyl groups is 2. The molecule has 1 aromatic carbocycles. The Morgan fingerprint density at radius 2 is 1.84 bits per heavy atom. The molecule has 0 saturated carbocycles. The number of allylic oxidation sites excluding steroid dienone is 3. The predicted octanol–water partition coefficient (Wildman–Crippen LogP) is 3.08. The van der Waals surface area contributed by atoms with Crippen LogP contribution in [0.15, 0.2) is 53.0 Å². The highest BCUT2D eigenvalue weighted by atomic mass is 16.3. The number of carbonyl (C=O) groups is 1. The molecule has 0 radical (unpaired) electrons. The number of phenols is 1. The summed E-state index contributed by atoms with van der Waals surface area (Å²) in [7, 11) is 0. The zero-order valence-electron chi connectivity index (χ0n) is 17.9. The molecule has 0 spiro atoms. The molecule has 166 valence electrons. The molecular weight excluding hydrogens is 398 g/mol. The second-order valence-corrected chi connectivity index (χ2v) is 8.11. The van der Waals surface area contributed by atoms with Gasteiger partial charge >= 0.3 is 0 Å². The molecule has 7 heteroatoms. The quantitative estimate of drug-likeness (QED) is 0.237. The monoisotopic (exact) mass is 427 g/mol. The molecule has 0 bridgehead atoms. The Labute approximate surface area is 181 Å². The second-order valence-electron chi connectivity index (χ2n) is 8.11. The van der Waals surface area contributed by atoms with Crippen LogP contribution in [0.4, 0.5) is 0 Å². The number of ketones is 1. The zero-order chi connectivity index (χ0) is 23.2. The summed E-state index contributed by atoms with van der Waals surface area (Å²) in [5.74, 6) is -0.730. The first-order chi connectivity index (χ1) is 14.5. The number of pyridine rings is 1. The van der Waals surface area contributed by atoms with Crippen LogP contribution in [-0.4, -0.2) is 42.9 Å². The molecule has 2 rings (SSSR count). The Morgan fingerprint density at radius 1 is 1.19 bits per heavy atom. The predicted molar refractivity (Wildman–Crippen MR) is 119 cm³/mol. The molecule has 1 unspecified atom stereocenters. The van der Waals surface area contributed by atoms with Gasteiger partial charge in [-0.1, -0.05) is 29.9 Å². The fourth-order valence-corrected chi connectivity index (χ4v) is 2.88. The largest absolute Gasteiger partial charge is 0.508 e. The van der Waals surface area contributed by atoms with Crippen molar-refractivity contribution in [2.24, 2.45) is 0 Å². The third-order valence-electron chi connectivity index (χ3n) is 5.03. The minimum Gasteiger partial charge on any atom is -0.508 e. The number of aliphatic hydroxyl groups is 2. The molecule has 1 heterocycles. The van der Waals surface area contributed by atoms with E-state index in [4.69, 9.17) is 0 Å². The lowest BCUT2D eigenvalue weighted by Gasteiger charge is -2.24. The van der Waals surface area contributed by atoms with Crippen LogP contribution < -0.4 is 5.56 Å². The van der Waals surface area contributed by atoms with E-state index >= 15 is 0 Å². The molecule has 0 amide bonds. The number of rotatable bonds is 9. The summed E-state index contributed by atoms with van der Waals surface area (Å²) in [6.07, 6.45) is 5.87. The van der Waals surface area contributed by atoms with Crippen LogP contribution in [0.1, 0.15) is 55.1 Å². The fourth-order valence-electron chi connectivity index (χ4n) is 2.88. The minimum atomic E-state index is -1.20. The Balaban J connectivity index is 2.13. The number of aromatic nitrogens is 1. The Kier molecular flexibility index (Phi) is 7.96. The van der Waals surface area contributed by atoms with Crippen molar-refractivity contribution in [1.29, 1.82) is 0 Å². The van der Waals surface area contributed by atoms with Crippen LogP contribution in [0.25, 0.3) is 6.08 Å². The average Bonchev–Trinajstić information content (AvgIpc) is 2.70. The molecule has 7 nitrogen and oxygen atoms in total. The molecule has 0 aliphatic carbocycles. The number of phenolic OH excluding ortho intramolecular Hbond substituents is 1. The van der Waals surface area contributed by atoms with Gasteiger partial charge in [0.25, 0.3) is 5.56 Å². The Hall–Kier alpha value is -3.16. The van der Waals surface area contributed by atoms with E-state index in [0.29, 0.717) is 18.4 Å². The lowest BCUT2D eigenvalue weighted by Crippen LogP contribution is -2.35. The molecule has 1 atom stereocenters. The molecule has 1 aromatic heterocycles. The van der Waals surface area contributed by atoms with Crippen LogP contribution in [0.3, 0.4) is 0 Å². The third-order valence-corrected chi connectivity index (χ3v) is 5.03. The van der Waals surface area contributed by atoms with E-state index in [1.165, 1.54) is 38.3 Å². The summed E-state index contributed by atoms with van der Waals surface area (Å²) >= 11 is 0. The zero-order valence-corrected chi connectivity index (χ0v) is 17.9. The summed E-state index contributed by atoms with van der Waals surface area (Å²) in [5, 5.41) is 39.5. The van der Waals surface area contributed by atoms with Gasteiger partial charge < -0.3 is 25.4 Å². The van der Waals surface area contributed by atoms with Gasteiger partial charge in [-0.25, -0.2) is 0 Å². The van der Waals surface area contributed by atoms with Gasteiger partial charge in [-0.2, -0.15) is 0 Å². The molecule has 0 saturated heterocycles. The third kappa shape index (κ3) is 6.94. The van der Waals surface area contributed by atoms with E-state index in [9.17, 15) is 30.0 Å². The summed E-state index contributed by atoms with van der Waals surface area (Å²) in [6, 6.07) is 6.27. The molecule has 31 heavy (non-hydrogen) atoms. The van der Waals surface area contributed by atoms with Crippen LogP contribution in [0, 0.1) is 0 Å². The van der Waals surface area contributed by atoms with Gasteiger partial charge in [0.2, 0.25) is 0 Å². The maximum atomic E-state index is 12.5. The first-order valence-electron chi connectivity index (χ1n) is 10.00. The maximum Gasteiger partial charge on any atom is 0.255 e. The van der Waals surface area contributed by atoms with Crippen molar-refractivity contribution in [3.05, 3.63) is 75.2 Å². The number of hydrogen-bond acceptors (Lipinski definition) is 6. The van der Waals surface area contributed by atoms with Crippen molar-refractivity contribution >= 4 is 11.9 Å². The standard InChI is InChI=1S/C24H29NO6/c1-15(5-13-21(28)24(2,3)31)4-11-18-22(29)19(14-25-23(18)30)20(27)12-8-16-6-9-17(26)10-7-16/h4,6-10,12,14,21,26,28,31H,5,11,13H2,1-3H3,(H2,25,29,30)/b12-8+,15-4+. The first kappa shape index (κ1) is 24.1. The molecule has 2 aromatic rings.